The number of nitrogens with zero attached hydrogens (tertiary/aromatic N) is 2. The molecule has 132 valence electrons. The van der Waals surface area contributed by atoms with Gasteiger partial charge in [0.2, 0.25) is 5.91 Å². The number of rotatable bonds is 6. The van der Waals surface area contributed by atoms with E-state index in [1.165, 1.54) is 18.2 Å². The van der Waals surface area contributed by atoms with E-state index in [1.807, 2.05) is 30.3 Å². The number of halogens is 1. The Bertz CT molecular complexity index is 963. The Kier molecular flexibility index (Phi) is 5.75. The van der Waals surface area contributed by atoms with Crippen molar-refractivity contribution in [1.29, 1.82) is 0 Å². The van der Waals surface area contributed by atoms with Crippen molar-refractivity contribution >= 4 is 23.4 Å². The van der Waals surface area contributed by atoms with Crippen molar-refractivity contribution in [2.24, 2.45) is 0 Å². The number of thioether (sulfide) groups is 1. The highest BCUT2D eigenvalue weighted by molar-refractivity contribution is 7.99. The Morgan fingerprint density at radius 1 is 1.08 bits per heavy atom. The van der Waals surface area contributed by atoms with Crippen LogP contribution in [0.5, 0.6) is 0 Å². The summed E-state index contributed by atoms with van der Waals surface area (Å²) in [7, 11) is 0. The van der Waals surface area contributed by atoms with Gasteiger partial charge in [-0.15, -0.1) is 10.2 Å². The summed E-state index contributed by atoms with van der Waals surface area (Å²) in [5, 5.41) is 10.6. The molecule has 0 radical (unpaired) electrons. The molecule has 3 aromatic rings. The lowest BCUT2D eigenvalue weighted by molar-refractivity contribution is -0.113. The molecule has 8 heteroatoms. The minimum atomic E-state index is -0.510. The molecule has 0 aliphatic carbocycles. The number of carbonyl (C=O) groups is 1. The number of para-hydroxylation sites is 1. The molecule has 0 aliphatic heterocycles. The van der Waals surface area contributed by atoms with Crippen LogP contribution in [0.3, 0.4) is 0 Å². The molecular formula is C18H15FN4O2S. The second kappa shape index (κ2) is 8.39. The van der Waals surface area contributed by atoms with Crippen LogP contribution in [-0.4, -0.2) is 26.8 Å². The number of benzene rings is 2. The van der Waals surface area contributed by atoms with Gasteiger partial charge in [0.25, 0.3) is 5.56 Å². The molecule has 0 fully saturated rings. The van der Waals surface area contributed by atoms with Crippen molar-refractivity contribution in [3.8, 4) is 0 Å². The molecule has 1 amide bonds. The first-order chi connectivity index (χ1) is 12.6. The molecule has 0 unspecified atom stereocenters. The molecule has 0 spiro atoms. The summed E-state index contributed by atoms with van der Waals surface area (Å²) in [5.41, 5.74) is 1.02. The lowest BCUT2D eigenvalue weighted by Crippen LogP contribution is -2.19. The van der Waals surface area contributed by atoms with Crippen molar-refractivity contribution in [3.63, 3.8) is 0 Å². The van der Waals surface area contributed by atoms with Crippen LogP contribution in [0.4, 0.5) is 10.1 Å². The van der Waals surface area contributed by atoms with Crippen LogP contribution >= 0.6 is 11.8 Å². The molecule has 0 bridgehead atoms. The summed E-state index contributed by atoms with van der Waals surface area (Å²) < 4.78 is 13.5. The molecule has 3 rings (SSSR count). The molecule has 1 aromatic heterocycles. The van der Waals surface area contributed by atoms with E-state index in [1.54, 1.807) is 6.07 Å². The van der Waals surface area contributed by atoms with Crippen LogP contribution in [-0.2, 0) is 11.2 Å². The lowest BCUT2D eigenvalue weighted by atomic mass is 10.1. The van der Waals surface area contributed by atoms with Gasteiger partial charge in [-0.1, -0.05) is 54.2 Å². The summed E-state index contributed by atoms with van der Waals surface area (Å²) in [6.45, 7) is 0. The Hall–Kier alpha value is -3.00. The molecule has 2 N–H and O–H groups in total. The van der Waals surface area contributed by atoms with Gasteiger partial charge in [-0.3, -0.25) is 14.6 Å². The molecule has 0 aliphatic rings. The summed E-state index contributed by atoms with van der Waals surface area (Å²) in [4.78, 5) is 26.6. The number of H-pyrrole nitrogens is 1. The Morgan fingerprint density at radius 2 is 1.81 bits per heavy atom. The number of aromatic nitrogens is 3. The second-order valence-corrected chi connectivity index (χ2v) is 6.35. The number of aromatic amines is 1. The fourth-order valence-corrected chi connectivity index (χ4v) is 2.80. The molecule has 26 heavy (non-hydrogen) atoms. The van der Waals surface area contributed by atoms with Gasteiger partial charge >= 0.3 is 0 Å². The third kappa shape index (κ3) is 4.76. The van der Waals surface area contributed by atoms with E-state index in [0.717, 1.165) is 17.3 Å². The minimum absolute atomic E-state index is 0.0308. The van der Waals surface area contributed by atoms with Crippen LogP contribution in [0, 0.1) is 5.82 Å². The molecule has 6 nitrogen and oxygen atoms in total. The smallest absolute Gasteiger partial charge is 0.273 e. The molecule has 0 atom stereocenters. The van der Waals surface area contributed by atoms with Crippen molar-refractivity contribution in [2.45, 2.75) is 11.6 Å². The number of amides is 1. The van der Waals surface area contributed by atoms with Crippen LogP contribution < -0.4 is 10.9 Å². The topological polar surface area (TPSA) is 87.7 Å². The summed E-state index contributed by atoms with van der Waals surface area (Å²) in [6, 6.07) is 15.4. The predicted octanol–water partition coefficient (Wildman–Crippen LogP) is 2.63. The molecular weight excluding hydrogens is 355 g/mol. The van der Waals surface area contributed by atoms with Crippen LogP contribution in [0.2, 0.25) is 0 Å². The zero-order valence-electron chi connectivity index (χ0n) is 13.6. The lowest BCUT2D eigenvalue weighted by Gasteiger charge is -2.06. The van der Waals surface area contributed by atoms with Gasteiger partial charge in [0.05, 0.1) is 11.4 Å². The summed E-state index contributed by atoms with van der Waals surface area (Å²) in [5.74, 6) is -0.947. The first-order valence-electron chi connectivity index (χ1n) is 7.79. The van der Waals surface area contributed by atoms with Gasteiger partial charge in [-0.05, 0) is 17.7 Å². The van der Waals surface area contributed by atoms with E-state index in [9.17, 15) is 14.0 Å². The summed E-state index contributed by atoms with van der Waals surface area (Å²) >= 11 is 1.02. The van der Waals surface area contributed by atoms with Crippen molar-refractivity contribution in [2.75, 3.05) is 11.1 Å². The molecule has 0 saturated carbocycles. The highest BCUT2D eigenvalue weighted by atomic mass is 32.2. The number of anilines is 1. The Balaban J connectivity index is 1.59. The van der Waals surface area contributed by atoms with E-state index in [0.29, 0.717) is 12.1 Å². The second-order valence-electron chi connectivity index (χ2n) is 5.39. The van der Waals surface area contributed by atoms with E-state index in [2.05, 4.69) is 20.5 Å². The van der Waals surface area contributed by atoms with Crippen LogP contribution in [0.1, 0.15) is 11.3 Å². The van der Waals surface area contributed by atoms with E-state index >= 15 is 0 Å². The molecule has 2 aromatic carbocycles. The van der Waals surface area contributed by atoms with Crippen molar-refractivity contribution in [1.82, 2.24) is 15.2 Å². The highest BCUT2D eigenvalue weighted by Gasteiger charge is 2.10. The Morgan fingerprint density at radius 3 is 2.54 bits per heavy atom. The van der Waals surface area contributed by atoms with E-state index in [-0.39, 0.29) is 22.2 Å². The fourth-order valence-electron chi connectivity index (χ4n) is 2.20. The third-order valence-corrected chi connectivity index (χ3v) is 4.31. The monoisotopic (exact) mass is 370 g/mol. The van der Waals surface area contributed by atoms with Gasteiger partial charge < -0.3 is 5.32 Å². The van der Waals surface area contributed by atoms with Crippen LogP contribution in [0.15, 0.2) is 64.5 Å². The largest absolute Gasteiger partial charge is 0.323 e. The summed E-state index contributed by atoms with van der Waals surface area (Å²) in [6.07, 6.45) is 0.377. The Labute approximate surface area is 152 Å². The van der Waals surface area contributed by atoms with Crippen molar-refractivity contribution < 1.29 is 9.18 Å². The first kappa shape index (κ1) is 17.8. The zero-order chi connectivity index (χ0) is 18.4. The molecule has 1 heterocycles. The SMILES string of the molecule is O=C(CSc1nnc(Cc2ccccc2)c(=O)[nH]1)Nc1ccccc1F. The normalized spacial score (nSPS) is 10.5. The first-order valence-corrected chi connectivity index (χ1v) is 8.77. The van der Waals surface area contributed by atoms with Crippen molar-refractivity contribution in [3.05, 3.63) is 82.0 Å². The quantitative estimate of drug-likeness (QED) is 0.651. The van der Waals surface area contributed by atoms with Gasteiger partial charge in [0, 0.05) is 6.42 Å². The maximum atomic E-state index is 13.5. The predicted molar refractivity (Wildman–Crippen MR) is 97.7 cm³/mol. The maximum Gasteiger partial charge on any atom is 0.273 e. The van der Waals surface area contributed by atoms with E-state index < -0.39 is 11.7 Å². The minimum Gasteiger partial charge on any atom is -0.323 e. The standard InChI is InChI=1S/C18H15FN4O2S/c19-13-8-4-5-9-14(13)20-16(24)11-26-18-21-17(25)15(22-23-18)10-12-6-2-1-3-7-12/h1-9H,10-11H2,(H,20,24)(H,21,23,25). The fraction of sp³-hybridized carbons (Fsp3) is 0.111. The molecule has 0 saturated heterocycles. The number of hydrogen-bond donors (Lipinski definition) is 2. The van der Waals surface area contributed by atoms with Gasteiger partial charge in [0.15, 0.2) is 5.16 Å². The van der Waals surface area contributed by atoms with E-state index in [4.69, 9.17) is 0 Å². The highest BCUT2D eigenvalue weighted by Crippen LogP contribution is 2.15. The average molecular weight is 370 g/mol. The zero-order valence-corrected chi connectivity index (χ0v) is 14.4. The van der Waals surface area contributed by atoms with Gasteiger partial charge in [-0.2, -0.15) is 0 Å². The van der Waals surface area contributed by atoms with Crippen LogP contribution in [0.25, 0.3) is 0 Å². The van der Waals surface area contributed by atoms with Gasteiger partial charge in [-0.25, -0.2) is 4.39 Å². The third-order valence-electron chi connectivity index (χ3n) is 3.45. The maximum absolute atomic E-state index is 13.5. The number of hydrogen-bond acceptors (Lipinski definition) is 5. The number of carbonyl (C=O) groups excluding carboxylic acids is 1. The van der Waals surface area contributed by atoms with Gasteiger partial charge in [0.1, 0.15) is 11.5 Å². The average Bonchev–Trinajstić information content (AvgIpc) is 2.65. The number of nitrogens with one attached hydrogen (secondary N) is 2.